The molecule has 1 amide bonds. The zero-order chi connectivity index (χ0) is 20.5. The van der Waals surface area contributed by atoms with Gasteiger partial charge in [0.05, 0.1) is 11.4 Å². The Morgan fingerprint density at radius 3 is 2.53 bits per heavy atom. The maximum Gasteiger partial charge on any atom is 0.251 e. The standard InChI is InChI=1S/C25H22N2O2S/c28-19-12-9-16(10-13-19)24-20-7-3-4-8-22(20)30-23-14-11-17(15-21(23)27-24)25(29)26-18-5-1-2-6-18/h3-4,7-15,18,28H,1-2,5-6H2,(H,26,29). The second-order valence-corrected chi connectivity index (χ2v) is 8.83. The molecular weight excluding hydrogens is 392 g/mol. The van der Waals surface area contributed by atoms with Crippen LogP contribution in [0.2, 0.25) is 0 Å². The summed E-state index contributed by atoms with van der Waals surface area (Å²) in [6, 6.07) is 21.3. The lowest BCUT2D eigenvalue weighted by molar-refractivity contribution is 0.0938. The molecule has 3 aromatic carbocycles. The minimum atomic E-state index is -0.0298. The van der Waals surface area contributed by atoms with E-state index in [1.54, 1.807) is 23.9 Å². The highest BCUT2D eigenvalue weighted by atomic mass is 32.2. The van der Waals surface area contributed by atoms with E-state index < -0.39 is 0 Å². The van der Waals surface area contributed by atoms with Gasteiger partial charge in [0.2, 0.25) is 0 Å². The summed E-state index contributed by atoms with van der Waals surface area (Å²) in [5.41, 5.74) is 4.24. The van der Waals surface area contributed by atoms with Crippen LogP contribution in [0, 0.1) is 0 Å². The Hall–Kier alpha value is -3.05. The van der Waals surface area contributed by atoms with Crippen LogP contribution in [0.4, 0.5) is 5.69 Å². The van der Waals surface area contributed by atoms with Crippen molar-refractivity contribution in [1.82, 2.24) is 5.32 Å². The second kappa shape index (κ2) is 8.00. The molecule has 1 fully saturated rings. The molecule has 5 heteroatoms. The van der Waals surface area contributed by atoms with E-state index in [0.29, 0.717) is 5.56 Å². The maximum absolute atomic E-state index is 12.8. The van der Waals surface area contributed by atoms with Gasteiger partial charge in [-0.25, -0.2) is 4.99 Å². The molecule has 2 aliphatic rings. The van der Waals surface area contributed by atoms with Crippen molar-refractivity contribution in [2.75, 3.05) is 0 Å². The van der Waals surface area contributed by atoms with E-state index in [4.69, 9.17) is 4.99 Å². The first-order valence-corrected chi connectivity index (χ1v) is 11.1. The van der Waals surface area contributed by atoms with Crippen LogP contribution >= 0.6 is 11.8 Å². The molecule has 0 unspecified atom stereocenters. The first kappa shape index (κ1) is 18.9. The van der Waals surface area contributed by atoms with Gasteiger partial charge in [-0.1, -0.05) is 42.8 Å². The quantitative estimate of drug-likeness (QED) is 0.452. The van der Waals surface area contributed by atoms with E-state index in [2.05, 4.69) is 17.4 Å². The van der Waals surface area contributed by atoms with E-state index in [0.717, 1.165) is 45.2 Å². The summed E-state index contributed by atoms with van der Waals surface area (Å²) >= 11 is 1.66. The van der Waals surface area contributed by atoms with Crippen LogP contribution in [-0.4, -0.2) is 22.8 Å². The van der Waals surface area contributed by atoms with E-state index in [1.807, 2.05) is 42.5 Å². The molecule has 3 aromatic rings. The summed E-state index contributed by atoms with van der Waals surface area (Å²) in [4.78, 5) is 19.9. The van der Waals surface area contributed by atoms with Crippen LogP contribution in [0.3, 0.4) is 0 Å². The highest BCUT2D eigenvalue weighted by Gasteiger charge is 2.21. The molecule has 5 rings (SSSR count). The molecule has 1 saturated carbocycles. The van der Waals surface area contributed by atoms with Gasteiger partial charge in [-0.3, -0.25) is 4.79 Å². The molecule has 1 aliphatic heterocycles. The predicted octanol–water partition coefficient (Wildman–Crippen LogP) is 5.70. The fourth-order valence-electron chi connectivity index (χ4n) is 4.06. The number of aromatic hydroxyl groups is 1. The van der Waals surface area contributed by atoms with Gasteiger partial charge < -0.3 is 10.4 Å². The van der Waals surface area contributed by atoms with Crippen LogP contribution in [-0.2, 0) is 0 Å². The lowest BCUT2D eigenvalue weighted by Crippen LogP contribution is -2.32. The highest BCUT2D eigenvalue weighted by molar-refractivity contribution is 7.99. The molecule has 30 heavy (non-hydrogen) atoms. The number of carbonyl (C=O) groups excluding carboxylic acids is 1. The predicted molar refractivity (Wildman–Crippen MR) is 120 cm³/mol. The van der Waals surface area contributed by atoms with Crippen molar-refractivity contribution < 1.29 is 9.90 Å². The minimum Gasteiger partial charge on any atom is -0.508 e. The summed E-state index contributed by atoms with van der Waals surface area (Å²) in [5.74, 6) is 0.194. The fourth-order valence-corrected chi connectivity index (χ4v) is 5.06. The number of benzene rings is 3. The van der Waals surface area contributed by atoms with E-state index in [9.17, 15) is 9.90 Å². The lowest BCUT2D eigenvalue weighted by atomic mass is 10.0. The summed E-state index contributed by atoms with van der Waals surface area (Å²) in [6.45, 7) is 0. The van der Waals surface area contributed by atoms with Crippen LogP contribution < -0.4 is 5.32 Å². The summed E-state index contributed by atoms with van der Waals surface area (Å²) in [7, 11) is 0. The first-order chi connectivity index (χ1) is 14.7. The van der Waals surface area contributed by atoms with Gasteiger partial charge in [-0.05, 0) is 61.4 Å². The topological polar surface area (TPSA) is 61.7 Å². The van der Waals surface area contributed by atoms with Crippen molar-refractivity contribution in [2.45, 2.75) is 41.5 Å². The zero-order valence-electron chi connectivity index (χ0n) is 16.5. The molecule has 150 valence electrons. The lowest BCUT2D eigenvalue weighted by Gasteiger charge is -2.13. The summed E-state index contributed by atoms with van der Waals surface area (Å²) in [6.07, 6.45) is 4.49. The van der Waals surface area contributed by atoms with Crippen LogP contribution in [0.1, 0.15) is 47.2 Å². The van der Waals surface area contributed by atoms with Gasteiger partial charge in [-0.15, -0.1) is 0 Å². The Balaban J connectivity index is 1.57. The van der Waals surface area contributed by atoms with Gasteiger partial charge in [0, 0.05) is 32.5 Å². The van der Waals surface area contributed by atoms with Crippen LogP contribution in [0.5, 0.6) is 5.75 Å². The largest absolute Gasteiger partial charge is 0.508 e. The van der Waals surface area contributed by atoms with E-state index >= 15 is 0 Å². The minimum absolute atomic E-state index is 0.0298. The Kier molecular flexibility index (Phi) is 5.05. The molecule has 0 bridgehead atoms. The van der Waals surface area contributed by atoms with Crippen molar-refractivity contribution in [1.29, 1.82) is 0 Å². The summed E-state index contributed by atoms with van der Waals surface area (Å²) in [5, 5.41) is 12.9. The Labute approximate surface area is 180 Å². The van der Waals surface area contributed by atoms with Crippen LogP contribution in [0.25, 0.3) is 0 Å². The third-order valence-electron chi connectivity index (χ3n) is 5.65. The molecule has 0 radical (unpaired) electrons. The van der Waals surface area contributed by atoms with Gasteiger partial charge in [0.1, 0.15) is 5.75 Å². The molecule has 0 atom stereocenters. The second-order valence-electron chi connectivity index (χ2n) is 7.74. The van der Waals surface area contributed by atoms with Gasteiger partial charge >= 0.3 is 0 Å². The van der Waals surface area contributed by atoms with E-state index in [-0.39, 0.29) is 17.7 Å². The monoisotopic (exact) mass is 414 g/mol. The van der Waals surface area contributed by atoms with Crippen molar-refractivity contribution >= 4 is 29.1 Å². The number of amides is 1. The third-order valence-corrected chi connectivity index (χ3v) is 6.79. The number of phenols is 1. The zero-order valence-corrected chi connectivity index (χ0v) is 17.3. The molecule has 0 saturated heterocycles. The number of nitrogens with one attached hydrogen (secondary N) is 1. The normalized spacial score (nSPS) is 15.7. The molecule has 0 spiro atoms. The Bertz CT molecular complexity index is 1130. The smallest absolute Gasteiger partial charge is 0.251 e. The Morgan fingerprint density at radius 1 is 0.967 bits per heavy atom. The number of fused-ring (bicyclic) bond motifs is 2. The number of hydrogen-bond donors (Lipinski definition) is 2. The molecule has 1 aliphatic carbocycles. The molecular formula is C25H22N2O2S. The van der Waals surface area contributed by atoms with Crippen molar-refractivity contribution in [3.63, 3.8) is 0 Å². The number of carbonyl (C=O) groups is 1. The molecule has 1 heterocycles. The van der Waals surface area contributed by atoms with E-state index in [1.165, 1.54) is 12.8 Å². The van der Waals surface area contributed by atoms with Crippen molar-refractivity contribution in [3.05, 3.63) is 83.4 Å². The summed E-state index contributed by atoms with van der Waals surface area (Å²) < 4.78 is 0. The van der Waals surface area contributed by atoms with Gasteiger partial charge in [-0.2, -0.15) is 0 Å². The molecule has 0 aromatic heterocycles. The van der Waals surface area contributed by atoms with Gasteiger partial charge in [0.15, 0.2) is 0 Å². The number of aliphatic imine (C=N–C) groups is 1. The number of nitrogens with zero attached hydrogens (tertiary/aromatic N) is 1. The number of phenolic OH excluding ortho intramolecular Hbond substituents is 1. The maximum atomic E-state index is 12.8. The molecule has 4 nitrogen and oxygen atoms in total. The molecule has 2 N–H and O–H groups in total. The average molecular weight is 415 g/mol. The Morgan fingerprint density at radius 2 is 1.73 bits per heavy atom. The number of rotatable bonds is 3. The third kappa shape index (κ3) is 3.73. The highest BCUT2D eigenvalue weighted by Crippen LogP contribution is 2.41. The average Bonchev–Trinajstić information content (AvgIpc) is 3.21. The van der Waals surface area contributed by atoms with Crippen molar-refractivity contribution in [2.24, 2.45) is 4.99 Å². The van der Waals surface area contributed by atoms with Crippen molar-refractivity contribution in [3.8, 4) is 5.75 Å². The SMILES string of the molecule is O=C(NC1CCCC1)c1ccc2c(c1)N=C(c1ccc(O)cc1)c1ccccc1S2. The van der Waals surface area contributed by atoms with Crippen LogP contribution in [0.15, 0.2) is 81.5 Å². The van der Waals surface area contributed by atoms with Gasteiger partial charge in [0.25, 0.3) is 5.91 Å². The number of hydrogen-bond acceptors (Lipinski definition) is 4. The fraction of sp³-hybridized carbons (Fsp3) is 0.200. The first-order valence-electron chi connectivity index (χ1n) is 10.3.